The average molecular weight is 298 g/mol. The third-order valence-corrected chi connectivity index (χ3v) is 5.10. The molecular formula is C20H23FO. The van der Waals surface area contributed by atoms with Gasteiger partial charge in [0, 0.05) is 5.56 Å². The van der Waals surface area contributed by atoms with Crippen LogP contribution in [-0.2, 0) is 6.61 Å². The van der Waals surface area contributed by atoms with Crippen molar-refractivity contribution in [2.75, 3.05) is 0 Å². The highest BCUT2D eigenvalue weighted by molar-refractivity contribution is 5.69. The summed E-state index contributed by atoms with van der Waals surface area (Å²) in [6, 6.07) is 12.9. The zero-order valence-corrected chi connectivity index (χ0v) is 13.3. The van der Waals surface area contributed by atoms with E-state index in [1.165, 1.54) is 24.5 Å². The molecule has 1 N–H and O–H groups in total. The van der Waals surface area contributed by atoms with Crippen LogP contribution in [0.1, 0.15) is 50.2 Å². The molecule has 0 unspecified atom stereocenters. The van der Waals surface area contributed by atoms with Crippen molar-refractivity contribution in [1.29, 1.82) is 0 Å². The standard InChI is InChI=1S/C20H23FO/c1-20(2)11-5-7-18(20)17-12-14(13-22)9-10-15(17)16-6-3-4-8-19(16)21/h3-4,6,8-10,12,18,22H,5,7,11,13H2,1-2H3/t18-/m0/s1. The van der Waals surface area contributed by atoms with Crippen molar-refractivity contribution in [3.05, 3.63) is 59.4 Å². The van der Waals surface area contributed by atoms with Crippen LogP contribution in [0.2, 0.25) is 0 Å². The molecule has 2 aromatic rings. The van der Waals surface area contributed by atoms with E-state index in [4.69, 9.17) is 0 Å². The molecule has 0 amide bonds. The fraction of sp³-hybridized carbons (Fsp3) is 0.400. The fourth-order valence-corrected chi connectivity index (χ4v) is 3.83. The number of aliphatic hydroxyl groups is 1. The van der Waals surface area contributed by atoms with Crippen molar-refractivity contribution in [1.82, 2.24) is 0 Å². The number of hydrogen-bond donors (Lipinski definition) is 1. The fourth-order valence-electron chi connectivity index (χ4n) is 3.83. The molecule has 2 heteroatoms. The maximum Gasteiger partial charge on any atom is 0.131 e. The number of rotatable bonds is 3. The van der Waals surface area contributed by atoms with Crippen LogP contribution in [0.25, 0.3) is 11.1 Å². The number of aliphatic hydroxyl groups excluding tert-OH is 1. The Balaban J connectivity index is 2.17. The zero-order valence-electron chi connectivity index (χ0n) is 13.3. The molecule has 22 heavy (non-hydrogen) atoms. The highest BCUT2D eigenvalue weighted by Crippen LogP contribution is 2.51. The highest BCUT2D eigenvalue weighted by atomic mass is 19.1. The lowest BCUT2D eigenvalue weighted by molar-refractivity contribution is 0.281. The topological polar surface area (TPSA) is 20.2 Å². The SMILES string of the molecule is CC1(C)CCC[C@H]1c1cc(CO)ccc1-c1ccccc1F. The van der Waals surface area contributed by atoms with Crippen molar-refractivity contribution in [3.63, 3.8) is 0 Å². The summed E-state index contributed by atoms with van der Waals surface area (Å²) in [5.74, 6) is 0.227. The first-order valence-electron chi connectivity index (χ1n) is 8.01. The van der Waals surface area contributed by atoms with E-state index in [0.29, 0.717) is 11.5 Å². The van der Waals surface area contributed by atoms with Gasteiger partial charge in [-0.05, 0) is 46.9 Å². The predicted molar refractivity (Wildman–Crippen MR) is 88.1 cm³/mol. The quantitative estimate of drug-likeness (QED) is 0.817. The summed E-state index contributed by atoms with van der Waals surface area (Å²) in [4.78, 5) is 0. The van der Waals surface area contributed by atoms with Crippen molar-refractivity contribution < 1.29 is 9.50 Å². The van der Waals surface area contributed by atoms with Gasteiger partial charge in [0.2, 0.25) is 0 Å². The monoisotopic (exact) mass is 298 g/mol. The molecule has 0 radical (unpaired) electrons. The van der Waals surface area contributed by atoms with Gasteiger partial charge in [-0.15, -0.1) is 0 Å². The molecule has 1 atom stereocenters. The summed E-state index contributed by atoms with van der Waals surface area (Å²) in [5.41, 5.74) is 3.92. The van der Waals surface area contributed by atoms with Gasteiger partial charge in [-0.1, -0.05) is 56.7 Å². The van der Waals surface area contributed by atoms with Crippen LogP contribution in [0.3, 0.4) is 0 Å². The zero-order chi connectivity index (χ0) is 15.7. The lowest BCUT2D eigenvalue weighted by Gasteiger charge is -2.29. The van der Waals surface area contributed by atoms with Gasteiger partial charge in [0.1, 0.15) is 5.82 Å². The lowest BCUT2D eigenvalue weighted by Crippen LogP contribution is -2.16. The van der Waals surface area contributed by atoms with E-state index < -0.39 is 0 Å². The van der Waals surface area contributed by atoms with Gasteiger partial charge in [0.05, 0.1) is 6.61 Å². The Labute approximate surface area is 131 Å². The predicted octanol–water partition coefficient (Wildman–Crippen LogP) is 5.28. The van der Waals surface area contributed by atoms with E-state index >= 15 is 0 Å². The van der Waals surface area contributed by atoms with E-state index in [2.05, 4.69) is 19.9 Å². The van der Waals surface area contributed by atoms with E-state index in [-0.39, 0.29) is 17.8 Å². The first-order valence-corrected chi connectivity index (χ1v) is 8.01. The first-order chi connectivity index (χ1) is 10.5. The molecule has 0 heterocycles. The van der Waals surface area contributed by atoms with Crippen LogP contribution < -0.4 is 0 Å². The van der Waals surface area contributed by atoms with Gasteiger partial charge < -0.3 is 5.11 Å². The molecule has 2 aromatic carbocycles. The van der Waals surface area contributed by atoms with E-state index in [9.17, 15) is 9.50 Å². The highest BCUT2D eigenvalue weighted by Gasteiger charge is 2.36. The van der Waals surface area contributed by atoms with Crippen molar-refractivity contribution in [2.24, 2.45) is 5.41 Å². The summed E-state index contributed by atoms with van der Waals surface area (Å²) in [5, 5.41) is 9.48. The van der Waals surface area contributed by atoms with Crippen LogP contribution in [-0.4, -0.2) is 5.11 Å². The van der Waals surface area contributed by atoms with Gasteiger partial charge >= 0.3 is 0 Å². The number of halogens is 1. The third kappa shape index (κ3) is 2.68. The van der Waals surface area contributed by atoms with Crippen molar-refractivity contribution in [2.45, 2.75) is 45.6 Å². The molecule has 0 bridgehead atoms. The Morgan fingerprint density at radius 3 is 2.55 bits per heavy atom. The summed E-state index contributed by atoms with van der Waals surface area (Å²) in [7, 11) is 0. The van der Waals surface area contributed by atoms with Gasteiger partial charge in [-0.3, -0.25) is 0 Å². The Morgan fingerprint density at radius 2 is 1.91 bits per heavy atom. The minimum absolute atomic E-state index is 0.0255. The second kappa shape index (κ2) is 5.85. The van der Waals surface area contributed by atoms with Gasteiger partial charge in [0.25, 0.3) is 0 Å². The van der Waals surface area contributed by atoms with E-state index in [1.54, 1.807) is 6.07 Å². The normalized spacial score (nSPS) is 20.3. The average Bonchev–Trinajstić information content (AvgIpc) is 2.86. The molecule has 1 aliphatic rings. The second-order valence-corrected chi connectivity index (χ2v) is 6.99. The Morgan fingerprint density at radius 1 is 1.14 bits per heavy atom. The first kappa shape index (κ1) is 15.2. The van der Waals surface area contributed by atoms with Crippen molar-refractivity contribution in [3.8, 4) is 11.1 Å². The van der Waals surface area contributed by atoms with Crippen LogP contribution in [0.15, 0.2) is 42.5 Å². The summed E-state index contributed by atoms with van der Waals surface area (Å²) >= 11 is 0. The molecule has 116 valence electrons. The Kier molecular flexibility index (Phi) is 4.05. The molecule has 0 aliphatic heterocycles. The molecule has 0 saturated heterocycles. The lowest BCUT2D eigenvalue weighted by atomic mass is 9.75. The Bertz CT molecular complexity index is 675. The number of benzene rings is 2. The van der Waals surface area contributed by atoms with Crippen LogP contribution in [0.4, 0.5) is 4.39 Å². The molecule has 0 aromatic heterocycles. The molecule has 1 aliphatic carbocycles. The van der Waals surface area contributed by atoms with Gasteiger partial charge in [-0.25, -0.2) is 4.39 Å². The van der Waals surface area contributed by atoms with Crippen LogP contribution >= 0.6 is 0 Å². The summed E-state index contributed by atoms with van der Waals surface area (Å²) in [6.45, 7) is 4.61. The summed E-state index contributed by atoms with van der Waals surface area (Å²) < 4.78 is 14.3. The van der Waals surface area contributed by atoms with E-state index in [0.717, 1.165) is 17.5 Å². The Hall–Kier alpha value is -1.67. The van der Waals surface area contributed by atoms with Gasteiger partial charge in [-0.2, -0.15) is 0 Å². The van der Waals surface area contributed by atoms with Crippen molar-refractivity contribution >= 4 is 0 Å². The molecule has 1 fully saturated rings. The molecular weight excluding hydrogens is 275 g/mol. The maximum atomic E-state index is 14.3. The van der Waals surface area contributed by atoms with E-state index in [1.807, 2.05) is 24.3 Å². The van der Waals surface area contributed by atoms with Gasteiger partial charge in [0.15, 0.2) is 0 Å². The van der Waals surface area contributed by atoms with Crippen LogP contribution in [0, 0.1) is 11.2 Å². The second-order valence-electron chi connectivity index (χ2n) is 6.99. The summed E-state index contributed by atoms with van der Waals surface area (Å²) in [6.07, 6.45) is 3.53. The molecule has 1 nitrogen and oxygen atoms in total. The van der Waals surface area contributed by atoms with Crippen LogP contribution in [0.5, 0.6) is 0 Å². The third-order valence-electron chi connectivity index (χ3n) is 5.10. The largest absolute Gasteiger partial charge is 0.392 e. The molecule has 1 saturated carbocycles. The number of hydrogen-bond acceptors (Lipinski definition) is 1. The minimum Gasteiger partial charge on any atom is -0.392 e. The molecule has 0 spiro atoms. The smallest absolute Gasteiger partial charge is 0.131 e. The minimum atomic E-state index is -0.184. The maximum absolute atomic E-state index is 14.3. The molecule has 3 rings (SSSR count).